The van der Waals surface area contributed by atoms with Crippen molar-refractivity contribution in [3.63, 3.8) is 0 Å². The van der Waals surface area contributed by atoms with E-state index in [1.165, 1.54) is 18.2 Å². The molecule has 0 aliphatic carbocycles. The number of nitrogens with zero attached hydrogens (tertiary/aromatic N) is 1. The summed E-state index contributed by atoms with van der Waals surface area (Å²) in [6.07, 6.45) is 5.62. The van der Waals surface area contributed by atoms with Crippen molar-refractivity contribution in [2.24, 2.45) is 5.73 Å². The molecule has 1 aromatic rings. The highest BCUT2D eigenvalue weighted by molar-refractivity contribution is 5.92. The number of para-hydroxylation sites is 1. The van der Waals surface area contributed by atoms with E-state index in [-0.39, 0.29) is 17.6 Å². The third-order valence-electron chi connectivity index (χ3n) is 3.08. The largest absolute Gasteiger partial charge is 0.349 e. The Balaban J connectivity index is 2.67. The molecule has 1 amide bonds. The lowest BCUT2D eigenvalue weighted by molar-refractivity contribution is -0.385. The van der Waals surface area contributed by atoms with E-state index in [0.717, 1.165) is 19.3 Å². The number of hydrogen-bond donors (Lipinski definition) is 2. The number of carbonyl (C=O) groups is 1. The highest BCUT2D eigenvalue weighted by Crippen LogP contribution is 2.18. The number of nitro groups is 1. The molecule has 1 aromatic carbocycles. The molecule has 0 radical (unpaired) electrons. The first-order valence-corrected chi connectivity index (χ1v) is 7.00. The van der Waals surface area contributed by atoms with Gasteiger partial charge in [0.1, 0.15) is 0 Å². The molecule has 21 heavy (non-hydrogen) atoms. The molecule has 6 nitrogen and oxygen atoms in total. The van der Waals surface area contributed by atoms with Gasteiger partial charge in [-0.3, -0.25) is 14.9 Å². The van der Waals surface area contributed by atoms with Crippen LogP contribution in [0.15, 0.2) is 30.3 Å². The Morgan fingerprint density at radius 1 is 1.48 bits per heavy atom. The standard InChI is InChI=1S/C15H21N3O3/c1-2-3-7-13(11-16)17-15(19)10-9-12-6-4-5-8-14(12)18(20)21/h4-6,8-10,13H,2-3,7,11,16H2,1H3,(H,17,19)/b10-9+. The third kappa shape index (κ3) is 5.74. The number of carbonyl (C=O) groups excluding carboxylic acids is 1. The minimum Gasteiger partial charge on any atom is -0.349 e. The van der Waals surface area contributed by atoms with Crippen LogP contribution < -0.4 is 11.1 Å². The summed E-state index contributed by atoms with van der Waals surface area (Å²) in [5.74, 6) is -0.292. The summed E-state index contributed by atoms with van der Waals surface area (Å²) in [7, 11) is 0. The molecule has 1 unspecified atom stereocenters. The Bertz CT molecular complexity index is 515. The van der Waals surface area contributed by atoms with Gasteiger partial charge in [0, 0.05) is 24.7 Å². The van der Waals surface area contributed by atoms with Crippen LogP contribution in [0.2, 0.25) is 0 Å². The molecule has 0 saturated heterocycles. The fraction of sp³-hybridized carbons (Fsp3) is 0.400. The van der Waals surface area contributed by atoms with E-state index in [1.54, 1.807) is 18.2 Å². The van der Waals surface area contributed by atoms with Crippen molar-refractivity contribution < 1.29 is 9.72 Å². The van der Waals surface area contributed by atoms with E-state index in [9.17, 15) is 14.9 Å². The zero-order valence-corrected chi connectivity index (χ0v) is 12.1. The minimum atomic E-state index is -0.471. The van der Waals surface area contributed by atoms with Crippen LogP contribution in [0.3, 0.4) is 0 Å². The van der Waals surface area contributed by atoms with E-state index >= 15 is 0 Å². The second-order valence-electron chi connectivity index (χ2n) is 4.73. The predicted molar refractivity (Wildman–Crippen MR) is 82.6 cm³/mol. The first kappa shape index (κ1) is 16.8. The first-order valence-electron chi connectivity index (χ1n) is 7.00. The summed E-state index contributed by atoms with van der Waals surface area (Å²) in [6, 6.07) is 6.22. The molecule has 114 valence electrons. The molecule has 0 aliphatic heterocycles. The number of nitrogens with one attached hydrogen (secondary N) is 1. The van der Waals surface area contributed by atoms with Crippen molar-refractivity contribution >= 4 is 17.7 Å². The van der Waals surface area contributed by atoms with E-state index in [2.05, 4.69) is 12.2 Å². The fourth-order valence-electron chi connectivity index (χ4n) is 1.91. The molecule has 6 heteroatoms. The van der Waals surface area contributed by atoms with Crippen LogP contribution >= 0.6 is 0 Å². The molecule has 0 aliphatic rings. The Labute approximate surface area is 124 Å². The predicted octanol–water partition coefficient (Wildman–Crippen LogP) is 2.24. The molecular weight excluding hydrogens is 270 g/mol. The molecule has 0 heterocycles. The summed E-state index contributed by atoms with van der Waals surface area (Å²) in [6.45, 7) is 2.45. The Hall–Kier alpha value is -2.21. The normalized spacial score (nSPS) is 12.3. The van der Waals surface area contributed by atoms with Gasteiger partial charge in [0.05, 0.1) is 10.5 Å². The van der Waals surface area contributed by atoms with Crippen molar-refractivity contribution in [1.29, 1.82) is 0 Å². The fourth-order valence-corrected chi connectivity index (χ4v) is 1.91. The zero-order chi connectivity index (χ0) is 15.7. The molecular formula is C15H21N3O3. The molecule has 1 rings (SSSR count). The van der Waals surface area contributed by atoms with Crippen LogP contribution in [0, 0.1) is 10.1 Å². The summed E-state index contributed by atoms with van der Waals surface area (Å²) in [4.78, 5) is 22.2. The zero-order valence-electron chi connectivity index (χ0n) is 12.1. The molecule has 0 fully saturated rings. The summed E-state index contributed by atoms with van der Waals surface area (Å²) in [5, 5.41) is 13.7. The topological polar surface area (TPSA) is 98.3 Å². The van der Waals surface area contributed by atoms with Crippen LogP contribution in [0.4, 0.5) is 5.69 Å². The smallest absolute Gasteiger partial charge is 0.276 e. The van der Waals surface area contributed by atoms with Gasteiger partial charge in [0.15, 0.2) is 0 Å². The van der Waals surface area contributed by atoms with E-state index in [1.807, 2.05) is 0 Å². The van der Waals surface area contributed by atoms with Crippen molar-refractivity contribution in [2.75, 3.05) is 6.54 Å². The lowest BCUT2D eigenvalue weighted by Gasteiger charge is -2.14. The lowest BCUT2D eigenvalue weighted by Crippen LogP contribution is -2.39. The van der Waals surface area contributed by atoms with Gasteiger partial charge in [0.25, 0.3) is 5.69 Å². The van der Waals surface area contributed by atoms with E-state index in [4.69, 9.17) is 5.73 Å². The maximum Gasteiger partial charge on any atom is 0.276 e. The highest BCUT2D eigenvalue weighted by Gasteiger charge is 2.11. The monoisotopic (exact) mass is 291 g/mol. The molecule has 1 atom stereocenters. The van der Waals surface area contributed by atoms with Crippen LogP contribution in [0.25, 0.3) is 6.08 Å². The quantitative estimate of drug-likeness (QED) is 0.436. The van der Waals surface area contributed by atoms with E-state index in [0.29, 0.717) is 12.1 Å². The number of benzene rings is 1. The third-order valence-corrected chi connectivity index (χ3v) is 3.08. The molecule has 0 saturated carbocycles. The van der Waals surface area contributed by atoms with Gasteiger partial charge in [-0.05, 0) is 18.6 Å². The maximum absolute atomic E-state index is 11.8. The Morgan fingerprint density at radius 2 is 2.19 bits per heavy atom. The minimum absolute atomic E-state index is 0.0251. The van der Waals surface area contributed by atoms with Crippen LogP contribution in [-0.2, 0) is 4.79 Å². The Morgan fingerprint density at radius 3 is 2.81 bits per heavy atom. The number of rotatable bonds is 8. The second-order valence-corrected chi connectivity index (χ2v) is 4.73. The highest BCUT2D eigenvalue weighted by atomic mass is 16.6. The van der Waals surface area contributed by atoms with Gasteiger partial charge < -0.3 is 11.1 Å². The molecule has 0 spiro atoms. The maximum atomic E-state index is 11.8. The summed E-state index contributed by atoms with van der Waals surface area (Å²) < 4.78 is 0. The number of hydrogen-bond acceptors (Lipinski definition) is 4. The van der Waals surface area contributed by atoms with Crippen LogP contribution in [0.1, 0.15) is 31.7 Å². The molecule has 0 bridgehead atoms. The number of nitrogens with two attached hydrogens (primary N) is 1. The summed E-state index contributed by atoms with van der Waals surface area (Å²) >= 11 is 0. The average molecular weight is 291 g/mol. The number of amides is 1. The Kier molecular flexibility index (Phi) is 7.11. The van der Waals surface area contributed by atoms with Gasteiger partial charge in [-0.15, -0.1) is 0 Å². The van der Waals surface area contributed by atoms with Gasteiger partial charge >= 0.3 is 0 Å². The van der Waals surface area contributed by atoms with Crippen LogP contribution in [0.5, 0.6) is 0 Å². The van der Waals surface area contributed by atoms with Crippen molar-refractivity contribution in [3.05, 3.63) is 46.0 Å². The average Bonchev–Trinajstić information content (AvgIpc) is 2.49. The van der Waals surface area contributed by atoms with Crippen molar-refractivity contribution in [3.8, 4) is 0 Å². The lowest BCUT2D eigenvalue weighted by atomic mass is 10.1. The van der Waals surface area contributed by atoms with Gasteiger partial charge in [0.2, 0.25) is 5.91 Å². The first-order chi connectivity index (χ1) is 10.1. The SMILES string of the molecule is CCCCC(CN)NC(=O)/C=C/c1ccccc1[N+](=O)[O-]. The number of unbranched alkanes of at least 4 members (excludes halogenated alkanes) is 1. The van der Waals surface area contributed by atoms with Gasteiger partial charge in [-0.2, -0.15) is 0 Å². The second kappa shape index (κ2) is 8.86. The van der Waals surface area contributed by atoms with Crippen LogP contribution in [-0.4, -0.2) is 23.4 Å². The van der Waals surface area contributed by atoms with Crippen molar-refractivity contribution in [1.82, 2.24) is 5.32 Å². The molecule has 3 N–H and O–H groups in total. The molecule has 0 aromatic heterocycles. The van der Waals surface area contributed by atoms with Gasteiger partial charge in [-0.1, -0.05) is 31.9 Å². The number of nitro benzene ring substituents is 1. The van der Waals surface area contributed by atoms with E-state index < -0.39 is 4.92 Å². The van der Waals surface area contributed by atoms with Crippen molar-refractivity contribution in [2.45, 2.75) is 32.2 Å². The summed E-state index contributed by atoms with van der Waals surface area (Å²) in [5.41, 5.74) is 5.98. The van der Waals surface area contributed by atoms with Gasteiger partial charge in [-0.25, -0.2) is 0 Å².